The molecule has 0 bridgehead atoms. The second-order valence-corrected chi connectivity index (χ2v) is 8.08. The fraction of sp³-hybridized carbons (Fsp3) is 0.667. The Kier molecular flexibility index (Phi) is 6.82. The van der Waals surface area contributed by atoms with Crippen LogP contribution in [0.4, 0.5) is 5.69 Å². The van der Waals surface area contributed by atoms with Crippen LogP contribution in [-0.4, -0.2) is 72.1 Å². The highest BCUT2D eigenvalue weighted by molar-refractivity contribution is 5.96. The number of carboxylic acid groups (broad SMARTS) is 1. The van der Waals surface area contributed by atoms with Gasteiger partial charge >= 0.3 is 5.97 Å². The summed E-state index contributed by atoms with van der Waals surface area (Å²) in [5.41, 5.74) is -0.444. The van der Waals surface area contributed by atoms with E-state index in [4.69, 9.17) is 9.47 Å². The van der Waals surface area contributed by atoms with Crippen LogP contribution in [0.1, 0.15) is 43.6 Å². The number of ether oxygens (including phenoxy) is 2. The first-order valence-corrected chi connectivity index (χ1v) is 10.5. The number of aromatic nitrogens is 1. The average Bonchev–Trinajstić information content (AvgIpc) is 3.48. The number of aliphatic hydroxyl groups is 1. The van der Waals surface area contributed by atoms with E-state index in [2.05, 4.69) is 15.2 Å². The fourth-order valence-electron chi connectivity index (χ4n) is 3.68. The van der Waals surface area contributed by atoms with Crippen LogP contribution in [0.5, 0.6) is 5.88 Å². The topological polar surface area (TPSA) is 121 Å². The minimum atomic E-state index is -1.33. The normalized spacial score (nSPS) is 21.1. The van der Waals surface area contributed by atoms with Crippen LogP contribution in [0.3, 0.4) is 0 Å². The second-order valence-electron chi connectivity index (χ2n) is 8.08. The van der Waals surface area contributed by atoms with Gasteiger partial charge in [0, 0.05) is 26.8 Å². The molecule has 1 aliphatic heterocycles. The van der Waals surface area contributed by atoms with Crippen molar-refractivity contribution in [3.8, 4) is 5.88 Å². The minimum Gasteiger partial charge on any atom is -0.480 e. The van der Waals surface area contributed by atoms with Crippen LogP contribution in [0, 0.1) is 11.8 Å². The molecule has 9 heteroatoms. The van der Waals surface area contributed by atoms with E-state index < -0.39 is 17.4 Å². The zero-order valence-electron chi connectivity index (χ0n) is 17.8. The van der Waals surface area contributed by atoms with Gasteiger partial charge in [-0.15, -0.1) is 0 Å². The first-order valence-electron chi connectivity index (χ1n) is 10.5. The van der Waals surface area contributed by atoms with Crippen LogP contribution in [0.15, 0.2) is 12.1 Å². The Hall–Kier alpha value is -2.39. The van der Waals surface area contributed by atoms with Gasteiger partial charge in [0.15, 0.2) is 0 Å². The highest BCUT2D eigenvalue weighted by Gasteiger charge is 2.39. The van der Waals surface area contributed by atoms with Crippen molar-refractivity contribution >= 4 is 17.6 Å². The number of anilines is 1. The van der Waals surface area contributed by atoms with E-state index in [1.165, 1.54) is 0 Å². The van der Waals surface area contributed by atoms with Gasteiger partial charge in [-0.1, -0.05) is 13.8 Å². The number of nitrogens with one attached hydrogen (secondary N) is 1. The molecular formula is C21H31N3O6. The highest BCUT2D eigenvalue weighted by Crippen LogP contribution is 2.39. The van der Waals surface area contributed by atoms with Crippen LogP contribution in [0.2, 0.25) is 0 Å². The number of carboxylic acids is 1. The van der Waals surface area contributed by atoms with Crippen LogP contribution >= 0.6 is 0 Å². The molecule has 3 rings (SSSR count). The van der Waals surface area contributed by atoms with Crippen molar-refractivity contribution in [1.82, 2.24) is 10.3 Å². The molecule has 1 amide bonds. The zero-order valence-corrected chi connectivity index (χ0v) is 17.8. The Morgan fingerprint density at radius 3 is 2.50 bits per heavy atom. The summed E-state index contributed by atoms with van der Waals surface area (Å²) >= 11 is 0. The number of rotatable bonds is 11. The van der Waals surface area contributed by atoms with Crippen LogP contribution in [-0.2, 0) is 9.53 Å². The standard InChI is InChI=1S/C21H31N3O6/c1-4-21(5-2,20(27)28)23-18(26)16-6-7-17(24-9-15(10-24)29-3)19(22-16)30-12-14-8-13(14)11-25/h6-7,13-15,25H,4-5,8-12H2,1-3H3,(H,23,26)(H,27,28). The van der Waals surface area contributed by atoms with Gasteiger partial charge in [0.05, 0.1) is 12.7 Å². The number of hydrogen-bond acceptors (Lipinski definition) is 7. The molecule has 9 nitrogen and oxygen atoms in total. The molecule has 1 aromatic heterocycles. The fourth-order valence-corrected chi connectivity index (χ4v) is 3.68. The third-order valence-electron chi connectivity index (χ3n) is 6.30. The Morgan fingerprint density at radius 2 is 1.97 bits per heavy atom. The maximum Gasteiger partial charge on any atom is 0.329 e. The molecule has 30 heavy (non-hydrogen) atoms. The lowest BCUT2D eigenvalue weighted by Gasteiger charge is -2.40. The summed E-state index contributed by atoms with van der Waals surface area (Å²) in [6.07, 6.45) is 1.59. The molecule has 2 unspecified atom stereocenters. The molecule has 2 fully saturated rings. The quantitative estimate of drug-likeness (QED) is 0.489. The van der Waals surface area contributed by atoms with Gasteiger partial charge in [-0.3, -0.25) is 4.79 Å². The maximum atomic E-state index is 12.8. The van der Waals surface area contributed by atoms with E-state index in [1.54, 1.807) is 33.1 Å². The molecule has 2 heterocycles. The molecule has 3 N–H and O–H groups in total. The summed E-state index contributed by atoms with van der Waals surface area (Å²) in [5.74, 6) is -0.730. The van der Waals surface area contributed by atoms with Crippen molar-refractivity contribution in [3.63, 3.8) is 0 Å². The lowest BCUT2D eigenvalue weighted by atomic mass is 9.92. The summed E-state index contributed by atoms with van der Waals surface area (Å²) in [4.78, 5) is 31.0. The SMILES string of the molecule is CCC(CC)(NC(=O)c1ccc(N2CC(OC)C2)c(OCC2CC2CO)n1)C(=O)O. The number of carbonyl (C=O) groups excluding carboxylic acids is 1. The molecule has 1 saturated carbocycles. The predicted octanol–water partition coefficient (Wildman–Crippen LogP) is 1.30. The van der Waals surface area contributed by atoms with Crippen molar-refractivity contribution in [2.75, 3.05) is 38.3 Å². The largest absolute Gasteiger partial charge is 0.480 e. The van der Waals surface area contributed by atoms with Crippen molar-refractivity contribution in [2.24, 2.45) is 11.8 Å². The van der Waals surface area contributed by atoms with E-state index in [0.717, 1.165) is 12.1 Å². The number of aliphatic hydroxyl groups excluding tert-OH is 1. The molecule has 2 aliphatic rings. The summed E-state index contributed by atoms with van der Waals surface area (Å²) in [6, 6.07) is 3.36. The number of carbonyl (C=O) groups is 2. The van der Waals surface area contributed by atoms with Crippen molar-refractivity contribution in [1.29, 1.82) is 0 Å². The number of amides is 1. The highest BCUT2D eigenvalue weighted by atomic mass is 16.5. The first kappa shape index (κ1) is 22.3. The summed E-state index contributed by atoms with van der Waals surface area (Å²) in [6.45, 7) is 5.43. The molecule has 1 aromatic rings. The molecular weight excluding hydrogens is 390 g/mol. The van der Waals surface area contributed by atoms with Gasteiger partial charge in [0.2, 0.25) is 5.88 Å². The summed E-state index contributed by atoms with van der Waals surface area (Å²) in [5, 5.41) is 21.5. The van der Waals surface area contributed by atoms with Gasteiger partial charge in [-0.05, 0) is 43.2 Å². The third-order valence-corrected chi connectivity index (χ3v) is 6.30. The lowest BCUT2D eigenvalue weighted by molar-refractivity contribution is -0.144. The molecule has 0 spiro atoms. The third kappa shape index (κ3) is 4.52. The number of pyridine rings is 1. The van der Waals surface area contributed by atoms with Gasteiger partial charge in [-0.2, -0.15) is 0 Å². The zero-order chi connectivity index (χ0) is 21.9. The molecule has 166 valence electrons. The maximum absolute atomic E-state index is 12.8. The van der Waals surface area contributed by atoms with Crippen molar-refractivity contribution in [3.05, 3.63) is 17.8 Å². The van der Waals surface area contributed by atoms with Gasteiger partial charge < -0.3 is 29.9 Å². The second kappa shape index (κ2) is 9.18. The molecule has 1 aliphatic carbocycles. The van der Waals surface area contributed by atoms with Crippen molar-refractivity contribution in [2.45, 2.75) is 44.8 Å². The van der Waals surface area contributed by atoms with Crippen LogP contribution < -0.4 is 15.0 Å². The Labute approximate surface area is 176 Å². The minimum absolute atomic E-state index is 0.111. The molecule has 1 saturated heterocycles. The monoisotopic (exact) mass is 421 g/mol. The summed E-state index contributed by atoms with van der Waals surface area (Å²) < 4.78 is 11.3. The smallest absolute Gasteiger partial charge is 0.329 e. The van der Waals surface area contributed by atoms with Crippen LogP contribution in [0.25, 0.3) is 0 Å². The van der Waals surface area contributed by atoms with Gasteiger partial charge in [0.25, 0.3) is 5.91 Å². The Balaban J connectivity index is 1.78. The Bertz CT molecular complexity index is 776. The lowest BCUT2D eigenvalue weighted by Crippen LogP contribution is -2.54. The Morgan fingerprint density at radius 1 is 1.27 bits per heavy atom. The average molecular weight is 421 g/mol. The van der Waals surface area contributed by atoms with Gasteiger partial charge in [0.1, 0.15) is 16.9 Å². The number of aliphatic carboxylic acids is 1. The van der Waals surface area contributed by atoms with E-state index >= 15 is 0 Å². The van der Waals surface area contributed by atoms with Crippen molar-refractivity contribution < 1.29 is 29.3 Å². The molecule has 0 aromatic carbocycles. The number of hydrogen-bond donors (Lipinski definition) is 3. The van der Waals surface area contributed by atoms with E-state index in [-0.39, 0.29) is 43.1 Å². The molecule has 2 atom stereocenters. The summed E-state index contributed by atoms with van der Waals surface area (Å²) in [7, 11) is 1.67. The number of nitrogens with zero attached hydrogens (tertiary/aromatic N) is 2. The van der Waals surface area contributed by atoms with Gasteiger partial charge in [-0.25, -0.2) is 9.78 Å². The van der Waals surface area contributed by atoms with E-state index in [9.17, 15) is 19.8 Å². The van der Waals surface area contributed by atoms with E-state index in [0.29, 0.717) is 25.6 Å². The first-order chi connectivity index (χ1) is 14.4. The molecule has 0 radical (unpaired) electrons. The predicted molar refractivity (Wildman–Crippen MR) is 110 cm³/mol. The number of methoxy groups -OCH3 is 1. The van der Waals surface area contributed by atoms with E-state index in [1.807, 2.05) is 0 Å².